The zero-order chi connectivity index (χ0) is 14.4. The molecule has 0 spiro atoms. The highest BCUT2D eigenvalue weighted by atomic mass is 35.5. The molecule has 1 aliphatic rings. The van der Waals surface area contributed by atoms with Gasteiger partial charge in [-0.15, -0.1) is 0 Å². The fourth-order valence-electron chi connectivity index (χ4n) is 2.62. The molecule has 0 bridgehead atoms. The van der Waals surface area contributed by atoms with Crippen LogP contribution in [-0.4, -0.2) is 40.8 Å². The Morgan fingerprint density at radius 1 is 1.55 bits per heavy atom. The molecule has 0 radical (unpaired) electrons. The maximum absolute atomic E-state index is 9.00. The van der Waals surface area contributed by atoms with Crippen molar-refractivity contribution in [1.29, 1.82) is 0 Å². The Balaban J connectivity index is 2.13. The van der Waals surface area contributed by atoms with Crippen LogP contribution in [0.25, 0.3) is 0 Å². The summed E-state index contributed by atoms with van der Waals surface area (Å²) >= 11 is 6.27. The third-order valence-corrected chi connectivity index (χ3v) is 3.87. The van der Waals surface area contributed by atoms with Gasteiger partial charge in [0.1, 0.15) is 5.02 Å². The molecule has 5 nitrogen and oxygen atoms in total. The van der Waals surface area contributed by atoms with Crippen LogP contribution < -0.4 is 10.2 Å². The van der Waals surface area contributed by atoms with Crippen molar-refractivity contribution in [2.24, 2.45) is 0 Å². The summed E-state index contributed by atoms with van der Waals surface area (Å²) in [6.45, 7) is 4.18. The lowest BCUT2D eigenvalue weighted by molar-refractivity contribution is 0.279. The monoisotopic (exact) mass is 298 g/mol. The largest absolute Gasteiger partial charge is 0.396 e. The van der Waals surface area contributed by atoms with Crippen molar-refractivity contribution in [3.05, 3.63) is 11.2 Å². The average Bonchev–Trinajstić information content (AvgIpc) is 2.92. The van der Waals surface area contributed by atoms with Crippen LogP contribution in [0.1, 0.15) is 39.0 Å². The van der Waals surface area contributed by atoms with Gasteiger partial charge in [-0.1, -0.05) is 18.5 Å². The van der Waals surface area contributed by atoms with Crippen molar-refractivity contribution in [1.82, 2.24) is 9.97 Å². The smallest absolute Gasteiger partial charge is 0.224 e. The average molecular weight is 299 g/mol. The summed E-state index contributed by atoms with van der Waals surface area (Å²) in [6, 6.07) is 0.425. The Morgan fingerprint density at radius 2 is 2.40 bits per heavy atom. The quantitative estimate of drug-likeness (QED) is 0.810. The molecule has 1 saturated heterocycles. The molecule has 2 heterocycles. The Labute approximate surface area is 125 Å². The zero-order valence-electron chi connectivity index (χ0n) is 12.0. The molecule has 0 aliphatic carbocycles. The SMILES string of the molecule is CCCNc1ncc(Cl)c(N2CCCC2CCCO)n1. The molecule has 1 fully saturated rings. The normalized spacial score (nSPS) is 18.6. The highest BCUT2D eigenvalue weighted by Crippen LogP contribution is 2.32. The molecule has 1 aliphatic heterocycles. The molecule has 1 aromatic rings. The summed E-state index contributed by atoms with van der Waals surface area (Å²) in [5, 5.41) is 12.8. The van der Waals surface area contributed by atoms with Crippen molar-refractivity contribution in [2.45, 2.75) is 45.1 Å². The molecule has 2 N–H and O–H groups in total. The van der Waals surface area contributed by atoms with Gasteiger partial charge >= 0.3 is 0 Å². The summed E-state index contributed by atoms with van der Waals surface area (Å²) in [4.78, 5) is 11.0. The molecule has 1 aromatic heterocycles. The summed E-state index contributed by atoms with van der Waals surface area (Å²) in [5.41, 5.74) is 0. The van der Waals surface area contributed by atoms with Crippen molar-refractivity contribution >= 4 is 23.4 Å². The standard InChI is InChI=1S/C14H23ClN4O/c1-2-7-16-14-17-10-12(15)13(18-14)19-8-3-5-11(19)6-4-9-20/h10-11,20H,2-9H2,1H3,(H,16,17,18). The van der Waals surface area contributed by atoms with E-state index < -0.39 is 0 Å². The first-order valence-corrected chi connectivity index (χ1v) is 7.78. The number of anilines is 2. The van der Waals surface area contributed by atoms with Crippen molar-refractivity contribution in [3.63, 3.8) is 0 Å². The van der Waals surface area contributed by atoms with Crippen LogP contribution in [-0.2, 0) is 0 Å². The summed E-state index contributed by atoms with van der Waals surface area (Å²) in [6.07, 6.45) is 6.79. The molecule has 0 amide bonds. The van der Waals surface area contributed by atoms with E-state index in [4.69, 9.17) is 16.7 Å². The van der Waals surface area contributed by atoms with Crippen LogP contribution in [0.5, 0.6) is 0 Å². The van der Waals surface area contributed by atoms with Gasteiger partial charge in [-0.05, 0) is 32.1 Å². The van der Waals surface area contributed by atoms with Gasteiger partial charge in [0.15, 0.2) is 5.82 Å². The van der Waals surface area contributed by atoms with E-state index in [2.05, 4.69) is 27.1 Å². The molecule has 2 rings (SSSR count). The number of aliphatic hydroxyl groups excluding tert-OH is 1. The number of nitrogens with one attached hydrogen (secondary N) is 1. The van der Waals surface area contributed by atoms with Gasteiger partial charge in [-0.3, -0.25) is 0 Å². The lowest BCUT2D eigenvalue weighted by atomic mass is 10.1. The van der Waals surface area contributed by atoms with E-state index >= 15 is 0 Å². The third-order valence-electron chi connectivity index (χ3n) is 3.60. The predicted octanol–water partition coefficient (Wildman–Crippen LogP) is 2.69. The van der Waals surface area contributed by atoms with Crippen LogP contribution >= 0.6 is 11.6 Å². The van der Waals surface area contributed by atoms with Crippen molar-refractivity contribution in [3.8, 4) is 0 Å². The lowest BCUT2D eigenvalue weighted by Gasteiger charge is -2.26. The van der Waals surface area contributed by atoms with E-state index in [9.17, 15) is 0 Å². The Morgan fingerprint density at radius 3 is 3.15 bits per heavy atom. The van der Waals surface area contributed by atoms with Crippen molar-refractivity contribution < 1.29 is 5.11 Å². The Bertz CT molecular complexity index is 430. The Kier molecular flexibility index (Phi) is 5.86. The number of rotatable bonds is 7. The number of aliphatic hydroxyl groups is 1. The molecule has 6 heteroatoms. The zero-order valence-corrected chi connectivity index (χ0v) is 12.7. The minimum Gasteiger partial charge on any atom is -0.396 e. The molecule has 1 unspecified atom stereocenters. The fourth-order valence-corrected chi connectivity index (χ4v) is 2.82. The van der Waals surface area contributed by atoms with E-state index in [1.807, 2.05) is 0 Å². The van der Waals surface area contributed by atoms with Crippen LogP contribution in [0.2, 0.25) is 5.02 Å². The van der Waals surface area contributed by atoms with Gasteiger partial charge in [0.05, 0.1) is 6.20 Å². The second-order valence-electron chi connectivity index (χ2n) is 5.15. The minimum absolute atomic E-state index is 0.241. The molecular formula is C14H23ClN4O. The molecular weight excluding hydrogens is 276 g/mol. The number of hydrogen-bond donors (Lipinski definition) is 2. The molecule has 0 saturated carbocycles. The minimum atomic E-state index is 0.241. The highest BCUT2D eigenvalue weighted by molar-refractivity contribution is 6.32. The van der Waals surface area contributed by atoms with Gasteiger partial charge in [0.25, 0.3) is 0 Å². The topological polar surface area (TPSA) is 61.3 Å². The molecule has 0 aromatic carbocycles. The van der Waals surface area contributed by atoms with Crippen molar-refractivity contribution in [2.75, 3.05) is 29.9 Å². The first kappa shape index (κ1) is 15.3. The van der Waals surface area contributed by atoms with Gasteiger partial charge < -0.3 is 15.3 Å². The van der Waals surface area contributed by atoms with Gasteiger partial charge in [-0.25, -0.2) is 4.98 Å². The maximum atomic E-state index is 9.00. The predicted molar refractivity (Wildman–Crippen MR) is 82.5 cm³/mol. The van der Waals surface area contributed by atoms with Gasteiger partial charge in [-0.2, -0.15) is 4.98 Å². The van der Waals surface area contributed by atoms with E-state index in [0.717, 1.165) is 51.0 Å². The number of hydrogen-bond acceptors (Lipinski definition) is 5. The third kappa shape index (κ3) is 3.73. The second-order valence-corrected chi connectivity index (χ2v) is 5.55. The van der Waals surface area contributed by atoms with Crippen LogP contribution in [0.15, 0.2) is 6.20 Å². The second kappa shape index (κ2) is 7.64. The number of nitrogens with zero attached hydrogens (tertiary/aromatic N) is 3. The first-order chi connectivity index (χ1) is 9.76. The van der Waals surface area contributed by atoms with E-state index in [1.54, 1.807) is 6.20 Å². The van der Waals surface area contributed by atoms with E-state index in [1.165, 1.54) is 0 Å². The lowest BCUT2D eigenvalue weighted by Crippen LogP contribution is -2.30. The van der Waals surface area contributed by atoms with Crippen LogP contribution in [0.4, 0.5) is 11.8 Å². The summed E-state index contributed by atoms with van der Waals surface area (Å²) in [7, 11) is 0. The Hall–Kier alpha value is -1.07. The molecule has 20 heavy (non-hydrogen) atoms. The maximum Gasteiger partial charge on any atom is 0.224 e. The highest BCUT2D eigenvalue weighted by Gasteiger charge is 2.27. The first-order valence-electron chi connectivity index (χ1n) is 7.40. The summed E-state index contributed by atoms with van der Waals surface area (Å²) < 4.78 is 0. The number of halogens is 1. The van der Waals surface area contributed by atoms with Crippen LogP contribution in [0.3, 0.4) is 0 Å². The van der Waals surface area contributed by atoms with Gasteiger partial charge in [0, 0.05) is 25.7 Å². The summed E-state index contributed by atoms with van der Waals surface area (Å²) in [5.74, 6) is 1.46. The fraction of sp³-hybridized carbons (Fsp3) is 0.714. The number of aromatic nitrogens is 2. The van der Waals surface area contributed by atoms with E-state index in [-0.39, 0.29) is 6.61 Å². The van der Waals surface area contributed by atoms with E-state index in [0.29, 0.717) is 17.0 Å². The molecule has 1 atom stereocenters. The molecule has 112 valence electrons. The van der Waals surface area contributed by atoms with Gasteiger partial charge in [0.2, 0.25) is 5.95 Å². The van der Waals surface area contributed by atoms with Crippen LogP contribution in [0, 0.1) is 0 Å².